The maximum Gasteiger partial charge on any atom is 0.164 e. The second kappa shape index (κ2) is 11.1. The fraction of sp³-hybridized carbons (Fsp3) is 0. The Kier molecular flexibility index (Phi) is 6.35. The number of aromatic nitrogens is 5. The Morgan fingerprint density at radius 2 is 1.00 bits per heavy atom. The van der Waals surface area contributed by atoms with Gasteiger partial charge in [-0.3, -0.25) is 0 Å². The van der Waals surface area contributed by atoms with Gasteiger partial charge in [0, 0.05) is 39.1 Å². The van der Waals surface area contributed by atoms with Gasteiger partial charge in [0.15, 0.2) is 17.5 Å². The van der Waals surface area contributed by atoms with E-state index < -0.39 is 0 Å². The molecular formula is C41H25N5O. The molecule has 4 heterocycles. The molecule has 0 aliphatic carbocycles. The van der Waals surface area contributed by atoms with Gasteiger partial charge in [0.1, 0.15) is 16.9 Å². The summed E-state index contributed by atoms with van der Waals surface area (Å²) in [4.78, 5) is 25.0. The summed E-state index contributed by atoms with van der Waals surface area (Å²) < 4.78 is 6.41. The second-order valence-corrected chi connectivity index (χ2v) is 11.3. The first-order chi connectivity index (χ1) is 23.3. The molecule has 0 saturated heterocycles. The summed E-state index contributed by atoms with van der Waals surface area (Å²) in [6.45, 7) is 0. The lowest BCUT2D eigenvalue weighted by Gasteiger charge is -2.10. The number of furan rings is 1. The van der Waals surface area contributed by atoms with E-state index in [2.05, 4.69) is 30.3 Å². The van der Waals surface area contributed by atoms with Crippen molar-refractivity contribution in [3.63, 3.8) is 0 Å². The zero-order chi connectivity index (χ0) is 31.2. The predicted molar refractivity (Wildman–Crippen MR) is 187 cm³/mol. The zero-order valence-electron chi connectivity index (χ0n) is 25.1. The Morgan fingerprint density at radius 1 is 0.383 bits per heavy atom. The van der Waals surface area contributed by atoms with Gasteiger partial charge in [0.05, 0.1) is 22.3 Å². The largest absolute Gasteiger partial charge is 0.456 e. The molecule has 0 N–H and O–H groups in total. The van der Waals surface area contributed by atoms with Crippen LogP contribution in [0.3, 0.4) is 0 Å². The number of pyridine rings is 2. The molecule has 0 bridgehead atoms. The highest BCUT2D eigenvalue weighted by Gasteiger charge is 2.19. The summed E-state index contributed by atoms with van der Waals surface area (Å²) in [5.74, 6) is 1.82. The minimum atomic E-state index is 0.584. The highest BCUT2D eigenvalue weighted by Crippen LogP contribution is 2.38. The van der Waals surface area contributed by atoms with Crippen LogP contribution in [0.25, 0.3) is 89.7 Å². The number of fused-ring (bicyclic) bond motifs is 4. The number of hydrogen-bond acceptors (Lipinski definition) is 6. The monoisotopic (exact) mass is 603 g/mol. The summed E-state index contributed by atoms with van der Waals surface area (Å²) >= 11 is 0. The van der Waals surface area contributed by atoms with Crippen LogP contribution in [0.4, 0.5) is 0 Å². The molecule has 0 unspecified atom stereocenters. The van der Waals surface area contributed by atoms with E-state index in [9.17, 15) is 0 Å². The molecule has 47 heavy (non-hydrogen) atoms. The topological polar surface area (TPSA) is 77.6 Å². The van der Waals surface area contributed by atoms with Gasteiger partial charge < -0.3 is 4.42 Å². The third-order valence-electron chi connectivity index (χ3n) is 8.32. The van der Waals surface area contributed by atoms with Gasteiger partial charge in [0.25, 0.3) is 0 Å². The molecule has 0 aliphatic rings. The lowest BCUT2D eigenvalue weighted by atomic mass is 10.0. The number of hydrogen-bond donors (Lipinski definition) is 0. The van der Waals surface area contributed by atoms with Crippen molar-refractivity contribution in [2.75, 3.05) is 0 Å². The van der Waals surface area contributed by atoms with Crippen molar-refractivity contribution >= 4 is 32.8 Å². The molecule has 0 fully saturated rings. The van der Waals surface area contributed by atoms with Gasteiger partial charge in [-0.05, 0) is 24.3 Å². The average Bonchev–Trinajstić information content (AvgIpc) is 3.53. The van der Waals surface area contributed by atoms with Crippen LogP contribution < -0.4 is 0 Å². The van der Waals surface area contributed by atoms with E-state index in [-0.39, 0.29) is 0 Å². The van der Waals surface area contributed by atoms with E-state index in [1.165, 1.54) is 0 Å². The zero-order valence-corrected chi connectivity index (χ0v) is 25.1. The van der Waals surface area contributed by atoms with Crippen LogP contribution in [0.5, 0.6) is 0 Å². The van der Waals surface area contributed by atoms with Gasteiger partial charge >= 0.3 is 0 Å². The van der Waals surface area contributed by atoms with Crippen LogP contribution >= 0.6 is 0 Å². The fourth-order valence-electron chi connectivity index (χ4n) is 6.03. The van der Waals surface area contributed by atoms with Crippen molar-refractivity contribution in [2.24, 2.45) is 0 Å². The smallest absolute Gasteiger partial charge is 0.164 e. The molecule has 220 valence electrons. The summed E-state index contributed by atoms with van der Waals surface area (Å²) in [7, 11) is 0. The van der Waals surface area contributed by atoms with Crippen LogP contribution in [0.15, 0.2) is 156 Å². The number of nitrogens with zero attached hydrogens (tertiary/aromatic N) is 5. The van der Waals surface area contributed by atoms with Crippen LogP contribution in [-0.4, -0.2) is 24.9 Å². The van der Waals surface area contributed by atoms with Gasteiger partial charge in [0.2, 0.25) is 0 Å². The number of para-hydroxylation sites is 2. The fourth-order valence-corrected chi connectivity index (χ4v) is 6.03. The Morgan fingerprint density at radius 3 is 1.77 bits per heavy atom. The van der Waals surface area contributed by atoms with Crippen molar-refractivity contribution in [2.45, 2.75) is 0 Å². The minimum Gasteiger partial charge on any atom is -0.456 e. The third kappa shape index (κ3) is 4.89. The van der Waals surface area contributed by atoms with Crippen LogP contribution in [-0.2, 0) is 0 Å². The molecule has 5 aromatic carbocycles. The molecule has 6 heteroatoms. The van der Waals surface area contributed by atoms with E-state index >= 15 is 0 Å². The molecule has 9 aromatic rings. The van der Waals surface area contributed by atoms with E-state index in [0.29, 0.717) is 17.5 Å². The van der Waals surface area contributed by atoms with Gasteiger partial charge in [-0.15, -0.1) is 0 Å². The van der Waals surface area contributed by atoms with Crippen molar-refractivity contribution in [3.8, 4) is 56.8 Å². The van der Waals surface area contributed by atoms with Crippen LogP contribution in [0, 0.1) is 0 Å². The van der Waals surface area contributed by atoms with Crippen molar-refractivity contribution < 1.29 is 4.42 Å². The van der Waals surface area contributed by atoms with E-state index in [4.69, 9.17) is 29.3 Å². The highest BCUT2D eigenvalue weighted by molar-refractivity contribution is 6.12. The number of benzene rings is 5. The first-order valence-electron chi connectivity index (χ1n) is 15.4. The molecule has 0 amide bonds. The molecule has 9 rings (SSSR count). The SMILES string of the molecule is c1ccc(-c2nc(-c3ccccc3)nc(-c3cccc(-c4cc5oc6ccccc6c5c(-c5ccc6ccccc6n5)n4)c3)n2)cc1. The van der Waals surface area contributed by atoms with Crippen molar-refractivity contribution in [1.82, 2.24) is 24.9 Å². The molecule has 0 atom stereocenters. The summed E-state index contributed by atoms with van der Waals surface area (Å²) in [5.41, 5.74) is 8.43. The molecule has 0 radical (unpaired) electrons. The first-order valence-corrected chi connectivity index (χ1v) is 15.4. The van der Waals surface area contributed by atoms with E-state index in [1.54, 1.807) is 0 Å². The molecule has 0 spiro atoms. The van der Waals surface area contributed by atoms with E-state index in [1.807, 2.05) is 121 Å². The number of rotatable bonds is 5. The molecular weight excluding hydrogens is 578 g/mol. The third-order valence-corrected chi connectivity index (χ3v) is 8.32. The molecule has 4 aromatic heterocycles. The van der Waals surface area contributed by atoms with Crippen molar-refractivity contribution in [3.05, 3.63) is 152 Å². The molecule has 0 aliphatic heterocycles. The van der Waals surface area contributed by atoms with Crippen LogP contribution in [0.1, 0.15) is 0 Å². The molecule has 0 saturated carbocycles. The van der Waals surface area contributed by atoms with E-state index in [0.717, 1.165) is 72.2 Å². The maximum absolute atomic E-state index is 6.41. The quantitative estimate of drug-likeness (QED) is 0.195. The summed E-state index contributed by atoms with van der Waals surface area (Å²) in [6, 6.07) is 50.5. The van der Waals surface area contributed by atoms with Gasteiger partial charge in [-0.1, -0.05) is 121 Å². The first kappa shape index (κ1) is 26.8. The summed E-state index contributed by atoms with van der Waals surface area (Å²) in [5, 5.41) is 3.03. The van der Waals surface area contributed by atoms with Crippen LogP contribution in [0.2, 0.25) is 0 Å². The lowest BCUT2D eigenvalue weighted by molar-refractivity contribution is 0.669. The summed E-state index contributed by atoms with van der Waals surface area (Å²) in [6.07, 6.45) is 0. The standard InChI is InChI=1S/C41H25N5O/c1-3-13-27(14-4-1)39-44-40(28-15-5-2-6-16-28)46-41(45-39)30-18-11-17-29(24-30)34-25-36-37(31-19-8-10-21-35(31)47-36)38(43-34)33-23-22-26-12-7-9-20-32(26)42-33/h1-25H. The lowest BCUT2D eigenvalue weighted by Crippen LogP contribution is -2.00. The highest BCUT2D eigenvalue weighted by atomic mass is 16.3. The van der Waals surface area contributed by atoms with Crippen molar-refractivity contribution in [1.29, 1.82) is 0 Å². The Labute approximate surface area is 270 Å². The minimum absolute atomic E-state index is 0.584. The second-order valence-electron chi connectivity index (χ2n) is 11.3. The predicted octanol–water partition coefficient (Wildman–Crippen LogP) is 10.0. The van der Waals surface area contributed by atoms with Gasteiger partial charge in [-0.2, -0.15) is 0 Å². The average molecular weight is 604 g/mol. The normalized spacial score (nSPS) is 11.4. The van der Waals surface area contributed by atoms with Gasteiger partial charge in [-0.25, -0.2) is 24.9 Å². The Balaban J connectivity index is 1.23. The molecule has 6 nitrogen and oxygen atoms in total. The maximum atomic E-state index is 6.41. The Hall–Kier alpha value is -6.53. The Bertz CT molecular complexity index is 2520.